The summed E-state index contributed by atoms with van der Waals surface area (Å²) in [5.74, 6) is 0.188. The second-order valence-electron chi connectivity index (χ2n) is 6.36. The molecule has 0 atom stereocenters. The van der Waals surface area contributed by atoms with E-state index in [1.807, 2.05) is 12.1 Å². The van der Waals surface area contributed by atoms with Gasteiger partial charge >= 0.3 is 0 Å². The SMILES string of the molecule is NC1(c2ccccc2CCC(=O)NC2CCCC2)CC1. The van der Waals surface area contributed by atoms with Crippen LogP contribution >= 0.6 is 0 Å². The Balaban J connectivity index is 1.56. The second kappa shape index (κ2) is 5.57. The molecule has 1 aromatic carbocycles. The summed E-state index contributed by atoms with van der Waals surface area (Å²) in [6.45, 7) is 0. The molecule has 3 N–H and O–H groups in total. The Morgan fingerprint density at radius 1 is 1.25 bits per heavy atom. The Morgan fingerprint density at radius 3 is 2.65 bits per heavy atom. The average Bonchev–Trinajstić information content (AvgIpc) is 2.99. The first kappa shape index (κ1) is 13.6. The minimum atomic E-state index is -0.113. The average molecular weight is 272 g/mol. The lowest BCUT2D eigenvalue weighted by Gasteiger charge is -2.16. The van der Waals surface area contributed by atoms with E-state index in [0.717, 1.165) is 32.1 Å². The van der Waals surface area contributed by atoms with E-state index in [4.69, 9.17) is 5.73 Å². The molecule has 0 unspecified atom stereocenters. The van der Waals surface area contributed by atoms with E-state index in [1.165, 1.54) is 24.0 Å². The molecule has 0 aromatic heterocycles. The van der Waals surface area contributed by atoms with Gasteiger partial charge in [0.05, 0.1) is 0 Å². The van der Waals surface area contributed by atoms with Gasteiger partial charge in [0.15, 0.2) is 0 Å². The molecule has 108 valence electrons. The van der Waals surface area contributed by atoms with Gasteiger partial charge in [0, 0.05) is 18.0 Å². The first-order valence-corrected chi connectivity index (χ1v) is 7.84. The highest BCUT2D eigenvalue weighted by atomic mass is 16.1. The fourth-order valence-electron chi connectivity index (χ4n) is 3.25. The standard InChI is InChI=1S/C17H24N2O/c18-17(11-12-17)15-8-4-1-5-13(15)9-10-16(20)19-14-6-2-3-7-14/h1,4-5,8,14H,2-3,6-7,9-12,18H2,(H,19,20). The molecule has 1 aromatic rings. The van der Waals surface area contributed by atoms with Crippen molar-refractivity contribution in [3.63, 3.8) is 0 Å². The highest BCUT2D eigenvalue weighted by Gasteiger charge is 2.41. The molecule has 2 saturated carbocycles. The third-order valence-corrected chi connectivity index (χ3v) is 4.68. The summed E-state index contributed by atoms with van der Waals surface area (Å²) in [5.41, 5.74) is 8.68. The molecule has 0 spiro atoms. The van der Waals surface area contributed by atoms with Gasteiger partial charge in [-0.2, -0.15) is 0 Å². The lowest BCUT2D eigenvalue weighted by molar-refractivity contribution is -0.121. The number of nitrogens with two attached hydrogens (primary N) is 1. The van der Waals surface area contributed by atoms with Crippen molar-refractivity contribution in [3.05, 3.63) is 35.4 Å². The van der Waals surface area contributed by atoms with Gasteiger partial charge in [-0.1, -0.05) is 37.1 Å². The Morgan fingerprint density at radius 2 is 1.95 bits per heavy atom. The first-order chi connectivity index (χ1) is 9.67. The van der Waals surface area contributed by atoms with E-state index in [9.17, 15) is 4.79 Å². The molecule has 0 aliphatic heterocycles. The van der Waals surface area contributed by atoms with E-state index in [2.05, 4.69) is 17.4 Å². The van der Waals surface area contributed by atoms with E-state index in [0.29, 0.717) is 12.5 Å². The maximum atomic E-state index is 12.0. The van der Waals surface area contributed by atoms with Crippen LogP contribution in [0.3, 0.4) is 0 Å². The van der Waals surface area contributed by atoms with Gasteiger partial charge in [-0.05, 0) is 43.2 Å². The monoisotopic (exact) mass is 272 g/mol. The van der Waals surface area contributed by atoms with Crippen molar-refractivity contribution < 1.29 is 4.79 Å². The molecule has 1 amide bonds. The van der Waals surface area contributed by atoms with Crippen LogP contribution in [0.25, 0.3) is 0 Å². The van der Waals surface area contributed by atoms with E-state index >= 15 is 0 Å². The van der Waals surface area contributed by atoms with Crippen LogP contribution < -0.4 is 11.1 Å². The number of hydrogen-bond donors (Lipinski definition) is 2. The molecule has 2 fully saturated rings. The summed E-state index contributed by atoms with van der Waals surface area (Å²) in [5, 5.41) is 3.15. The Hall–Kier alpha value is -1.35. The van der Waals surface area contributed by atoms with Gasteiger partial charge < -0.3 is 11.1 Å². The lowest BCUT2D eigenvalue weighted by atomic mass is 9.96. The highest BCUT2D eigenvalue weighted by Crippen LogP contribution is 2.44. The molecule has 2 aliphatic rings. The normalized spacial score (nSPS) is 20.9. The van der Waals surface area contributed by atoms with Gasteiger partial charge in [0.25, 0.3) is 0 Å². The van der Waals surface area contributed by atoms with Crippen LogP contribution in [0.5, 0.6) is 0 Å². The van der Waals surface area contributed by atoms with E-state index in [1.54, 1.807) is 0 Å². The molecular formula is C17H24N2O. The summed E-state index contributed by atoms with van der Waals surface area (Å²) in [7, 11) is 0. The van der Waals surface area contributed by atoms with Crippen LogP contribution in [-0.4, -0.2) is 11.9 Å². The van der Waals surface area contributed by atoms with Gasteiger partial charge in [0.2, 0.25) is 5.91 Å². The van der Waals surface area contributed by atoms with Crippen LogP contribution in [0.2, 0.25) is 0 Å². The zero-order valence-electron chi connectivity index (χ0n) is 12.0. The second-order valence-corrected chi connectivity index (χ2v) is 6.36. The lowest BCUT2D eigenvalue weighted by Crippen LogP contribution is -2.32. The quantitative estimate of drug-likeness (QED) is 0.865. The molecule has 3 nitrogen and oxygen atoms in total. The summed E-state index contributed by atoms with van der Waals surface area (Å²) in [6, 6.07) is 8.74. The third-order valence-electron chi connectivity index (χ3n) is 4.68. The zero-order valence-corrected chi connectivity index (χ0v) is 12.0. The first-order valence-electron chi connectivity index (χ1n) is 7.84. The van der Waals surface area contributed by atoms with Crippen LogP contribution in [0.4, 0.5) is 0 Å². The van der Waals surface area contributed by atoms with Crippen molar-refractivity contribution in [1.82, 2.24) is 5.32 Å². The molecule has 2 aliphatic carbocycles. The number of carbonyl (C=O) groups is 1. The van der Waals surface area contributed by atoms with Gasteiger partial charge in [-0.25, -0.2) is 0 Å². The van der Waals surface area contributed by atoms with Crippen LogP contribution in [-0.2, 0) is 16.8 Å². The molecule has 0 heterocycles. The molecule has 3 heteroatoms. The molecule has 0 saturated heterocycles. The molecule has 0 bridgehead atoms. The van der Waals surface area contributed by atoms with Gasteiger partial charge in [-0.3, -0.25) is 4.79 Å². The molecule has 20 heavy (non-hydrogen) atoms. The Bertz CT molecular complexity index is 488. The molecule has 3 rings (SSSR count). The summed E-state index contributed by atoms with van der Waals surface area (Å²) < 4.78 is 0. The van der Waals surface area contributed by atoms with Gasteiger partial charge in [0.1, 0.15) is 0 Å². The number of hydrogen-bond acceptors (Lipinski definition) is 2. The third kappa shape index (κ3) is 3.04. The highest BCUT2D eigenvalue weighted by molar-refractivity contribution is 5.76. The summed E-state index contributed by atoms with van der Waals surface area (Å²) in [6.07, 6.45) is 8.31. The van der Waals surface area contributed by atoms with Crippen LogP contribution in [0, 0.1) is 0 Å². The summed E-state index contributed by atoms with van der Waals surface area (Å²) >= 11 is 0. The predicted molar refractivity (Wildman–Crippen MR) is 80.3 cm³/mol. The maximum absolute atomic E-state index is 12.0. The fourth-order valence-corrected chi connectivity index (χ4v) is 3.25. The number of carbonyl (C=O) groups excluding carboxylic acids is 1. The molecular weight excluding hydrogens is 248 g/mol. The van der Waals surface area contributed by atoms with Crippen molar-refractivity contribution in [2.45, 2.75) is 62.9 Å². The van der Waals surface area contributed by atoms with Crippen LogP contribution in [0.15, 0.2) is 24.3 Å². The minimum absolute atomic E-state index is 0.113. The van der Waals surface area contributed by atoms with E-state index in [-0.39, 0.29) is 11.4 Å². The number of aryl methyl sites for hydroxylation is 1. The topological polar surface area (TPSA) is 55.1 Å². The van der Waals surface area contributed by atoms with Crippen molar-refractivity contribution in [1.29, 1.82) is 0 Å². The van der Waals surface area contributed by atoms with E-state index < -0.39 is 0 Å². The largest absolute Gasteiger partial charge is 0.353 e. The maximum Gasteiger partial charge on any atom is 0.220 e. The Kier molecular flexibility index (Phi) is 3.79. The van der Waals surface area contributed by atoms with Crippen LogP contribution in [0.1, 0.15) is 56.1 Å². The number of benzene rings is 1. The smallest absolute Gasteiger partial charge is 0.220 e. The molecule has 0 radical (unpaired) electrons. The fraction of sp³-hybridized carbons (Fsp3) is 0.588. The van der Waals surface area contributed by atoms with Crippen molar-refractivity contribution in [2.24, 2.45) is 5.73 Å². The van der Waals surface area contributed by atoms with Gasteiger partial charge in [-0.15, -0.1) is 0 Å². The Labute approximate surface area is 120 Å². The predicted octanol–water partition coefficient (Wildman–Crippen LogP) is 2.63. The number of amides is 1. The van der Waals surface area contributed by atoms with Crippen molar-refractivity contribution >= 4 is 5.91 Å². The number of rotatable bonds is 5. The summed E-state index contributed by atoms with van der Waals surface area (Å²) in [4.78, 5) is 12.0. The number of nitrogens with one attached hydrogen (secondary N) is 1. The van der Waals surface area contributed by atoms with Crippen molar-refractivity contribution in [2.75, 3.05) is 0 Å². The minimum Gasteiger partial charge on any atom is -0.353 e. The zero-order chi connectivity index (χ0) is 14.0. The van der Waals surface area contributed by atoms with Crippen molar-refractivity contribution in [3.8, 4) is 0 Å².